The number of nitrogen functional groups attached to an aromatic ring is 3. The largest absolute Gasteiger partial charge is 0.457 e. The van der Waals surface area contributed by atoms with E-state index in [2.05, 4.69) is 33.8 Å². The molecule has 0 fully saturated rings. The Bertz CT molecular complexity index is 4010. The van der Waals surface area contributed by atoms with E-state index in [1.807, 2.05) is 96.9 Å². The van der Waals surface area contributed by atoms with Gasteiger partial charge in [-0.2, -0.15) is 15.3 Å². The number of para-hydroxylation sites is 3. The zero-order chi connectivity index (χ0) is 64.1. The number of carbonyl (C=O) groups excluding carboxylic acids is 6. The summed E-state index contributed by atoms with van der Waals surface area (Å²) in [5.74, 6) is 3.51. The molecule has 0 bridgehead atoms. The number of amides is 6. The molecule has 0 aliphatic heterocycles. The van der Waals surface area contributed by atoms with Gasteiger partial charge in [-0.05, 0) is 127 Å². The molecule has 0 unspecified atom stereocenters. The molecule has 0 aliphatic rings. The molecule has 9 rings (SSSR count). The first-order chi connectivity index (χ1) is 42.8. The highest BCUT2D eigenvalue weighted by Gasteiger charge is 2.25. The van der Waals surface area contributed by atoms with Gasteiger partial charge in [0.05, 0.1) is 19.6 Å². The molecule has 3 heterocycles. The van der Waals surface area contributed by atoms with Gasteiger partial charge in [-0.1, -0.05) is 67.8 Å². The van der Waals surface area contributed by atoms with Crippen LogP contribution in [0.1, 0.15) is 31.1 Å². The van der Waals surface area contributed by atoms with Crippen molar-refractivity contribution in [3.8, 4) is 80.6 Å². The van der Waals surface area contributed by atoms with Crippen molar-refractivity contribution in [2.75, 3.05) is 50.9 Å². The minimum Gasteiger partial charge on any atom is -0.457 e. The molecule has 6 amide bonds. The SMILES string of the molecule is C#CC(=O)N(C)CCn1nc(-c2ccc(Oc3ccccc3)cc2)c(C(N)=O)c1N.C=CC(=O)N(C)CCn1nc(-c2ccc(Oc3ccccc3)cc2)c(C(N)=O)c1N.C=CC(=O)NCCn1nc(-c2ccc(Oc3ccccc3)cc2)c(C(N)=O)c1N. The van der Waals surface area contributed by atoms with Gasteiger partial charge in [-0.25, -0.2) is 14.0 Å². The van der Waals surface area contributed by atoms with Crippen LogP contribution in [0, 0.1) is 12.3 Å². The van der Waals surface area contributed by atoms with Crippen LogP contribution in [0.4, 0.5) is 17.5 Å². The molecule has 454 valence electrons. The maximum atomic E-state index is 12.0. The van der Waals surface area contributed by atoms with E-state index in [9.17, 15) is 28.8 Å². The predicted octanol–water partition coefficient (Wildman–Crippen LogP) is 7.11. The molecular formula is C65H65N15O9. The Hall–Kier alpha value is -12.4. The molecule has 0 saturated carbocycles. The molecular weight excluding hydrogens is 1130 g/mol. The van der Waals surface area contributed by atoms with Crippen LogP contribution in [-0.2, 0) is 34.0 Å². The van der Waals surface area contributed by atoms with E-state index in [1.165, 1.54) is 36.0 Å². The fourth-order valence-corrected chi connectivity index (χ4v) is 8.51. The molecule has 6 aromatic carbocycles. The van der Waals surface area contributed by atoms with Gasteiger partial charge in [0, 0.05) is 50.4 Å². The summed E-state index contributed by atoms with van der Waals surface area (Å²) in [7, 11) is 3.22. The van der Waals surface area contributed by atoms with E-state index in [4.69, 9.17) is 55.0 Å². The summed E-state index contributed by atoms with van der Waals surface area (Å²) < 4.78 is 21.7. The Morgan fingerprint density at radius 2 is 0.787 bits per heavy atom. The standard InChI is InChI=1S/C22H23N5O3.C22H21N5O3.C21H21N5O3/c2*1-3-18(28)26(2)13-14-27-21(23)19(22(24)29)20(25-27)15-9-11-17(12-10-15)30-16-7-5-4-6-8-16;1-2-17(27)24-12-13-26-20(22)18(21(23)28)19(25-26)14-8-10-16(11-9-14)29-15-6-4-3-5-7-15/h3-12H,1,13-14,23H2,2H3,(H2,24,29);1,4-12H,13-14,23H2,2H3,(H2,24,29);2-11H,1,12-13,22H2,(H2,23,28)(H,24,27). The zero-order valence-corrected chi connectivity index (χ0v) is 48.7. The van der Waals surface area contributed by atoms with Crippen molar-refractivity contribution in [1.82, 2.24) is 44.5 Å². The number of anilines is 3. The van der Waals surface area contributed by atoms with Gasteiger partial charge in [-0.15, -0.1) is 6.42 Å². The number of nitrogens with one attached hydrogen (secondary N) is 1. The average Bonchev–Trinajstić information content (AvgIpc) is 2.16. The number of hydrogen-bond acceptors (Lipinski definition) is 15. The van der Waals surface area contributed by atoms with Crippen molar-refractivity contribution in [1.29, 1.82) is 0 Å². The van der Waals surface area contributed by atoms with Gasteiger partial charge >= 0.3 is 0 Å². The maximum absolute atomic E-state index is 12.0. The highest BCUT2D eigenvalue weighted by Crippen LogP contribution is 2.33. The lowest BCUT2D eigenvalue weighted by Gasteiger charge is -2.15. The number of ether oxygens (including phenoxy) is 3. The number of terminal acetylenes is 1. The van der Waals surface area contributed by atoms with E-state index in [0.29, 0.717) is 75.6 Å². The van der Waals surface area contributed by atoms with Crippen LogP contribution in [0.2, 0.25) is 0 Å². The van der Waals surface area contributed by atoms with Crippen LogP contribution < -0.4 is 53.9 Å². The first-order valence-electron chi connectivity index (χ1n) is 27.3. The highest BCUT2D eigenvalue weighted by atomic mass is 16.5. The average molecular weight is 1200 g/mol. The Morgan fingerprint density at radius 1 is 0.483 bits per heavy atom. The van der Waals surface area contributed by atoms with Crippen LogP contribution in [0.3, 0.4) is 0 Å². The second-order valence-corrected chi connectivity index (χ2v) is 19.2. The van der Waals surface area contributed by atoms with Crippen molar-refractivity contribution in [2.45, 2.75) is 19.6 Å². The first-order valence-corrected chi connectivity index (χ1v) is 27.3. The quantitative estimate of drug-likeness (QED) is 0.0248. The normalized spacial score (nSPS) is 10.3. The number of nitrogens with zero attached hydrogens (tertiary/aromatic N) is 8. The van der Waals surface area contributed by atoms with E-state index in [-0.39, 0.29) is 72.1 Å². The summed E-state index contributed by atoms with van der Waals surface area (Å²) in [6.45, 7) is 8.58. The highest BCUT2D eigenvalue weighted by molar-refractivity contribution is 6.05. The smallest absolute Gasteiger partial charge is 0.298 e. The molecule has 0 spiro atoms. The minimum absolute atomic E-state index is 0.123. The number of likely N-dealkylation sites (N-methyl/N-ethyl adjacent to an activating group) is 2. The molecule has 0 saturated heterocycles. The number of rotatable bonds is 23. The molecule has 0 radical (unpaired) electrons. The summed E-state index contributed by atoms with van der Waals surface area (Å²) in [6.07, 6.45) is 7.52. The van der Waals surface area contributed by atoms with Gasteiger partial charge < -0.3 is 63.7 Å². The van der Waals surface area contributed by atoms with Crippen molar-refractivity contribution in [2.24, 2.45) is 17.2 Å². The molecule has 9 aromatic rings. The lowest BCUT2D eigenvalue weighted by molar-refractivity contribution is -0.125. The molecule has 89 heavy (non-hydrogen) atoms. The number of aromatic nitrogens is 6. The van der Waals surface area contributed by atoms with Gasteiger partial charge in [0.15, 0.2) is 0 Å². The Labute approximate surface area is 512 Å². The third-order valence-electron chi connectivity index (χ3n) is 13.2. The number of carbonyl (C=O) groups is 6. The van der Waals surface area contributed by atoms with Gasteiger partial charge in [0.25, 0.3) is 23.6 Å². The monoisotopic (exact) mass is 1200 g/mol. The lowest BCUT2D eigenvalue weighted by Crippen LogP contribution is -2.29. The maximum Gasteiger partial charge on any atom is 0.298 e. The van der Waals surface area contributed by atoms with E-state index in [0.717, 1.165) is 5.75 Å². The fourth-order valence-electron chi connectivity index (χ4n) is 8.51. The Kier molecular flexibility index (Phi) is 21.9. The zero-order valence-electron chi connectivity index (χ0n) is 48.7. The molecule has 13 N–H and O–H groups in total. The van der Waals surface area contributed by atoms with Crippen molar-refractivity contribution >= 4 is 52.9 Å². The van der Waals surface area contributed by atoms with Crippen molar-refractivity contribution < 1.29 is 43.0 Å². The van der Waals surface area contributed by atoms with Crippen LogP contribution >= 0.6 is 0 Å². The number of nitrogens with two attached hydrogens (primary N) is 6. The van der Waals surface area contributed by atoms with Gasteiger partial charge in [0.1, 0.15) is 85.7 Å². The van der Waals surface area contributed by atoms with Crippen LogP contribution in [0.15, 0.2) is 189 Å². The van der Waals surface area contributed by atoms with E-state index >= 15 is 0 Å². The summed E-state index contributed by atoms with van der Waals surface area (Å²) >= 11 is 0. The second kappa shape index (κ2) is 30.4. The van der Waals surface area contributed by atoms with Gasteiger partial charge in [0.2, 0.25) is 11.8 Å². The summed E-state index contributed by atoms with van der Waals surface area (Å²) in [5.41, 5.74) is 38.4. The molecule has 3 aromatic heterocycles. The number of primary amides is 3. The third kappa shape index (κ3) is 16.9. The topological polar surface area (TPSA) is 358 Å². The van der Waals surface area contributed by atoms with Crippen molar-refractivity contribution in [3.63, 3.8) is 0 Å². The molecule has 0 atom stereocenters. The fraction of sp³-hybridized carbons (Fsp3) is 0.123. The van der Waals surface area contributed by atoms with Gasteiger partial charge in [-0.3, -0.25) is 28.8 Å². The molecule has 24 nitrogen and oxygen atoms in total. The summed E-state index contributed by atoms with van der Waals surface area (Å²) in [6, 6.07) is 49.4. The van der Waals surface area contributed by atoms with Crippen LogP contribution in [0.5, 0.6) is 34.5 Å². The van der Waals surface area contributed by atoms with Crippen LogP contribution in [-0.4, -0.2) is 108 Å². The summed E-state index contributed by atoms with van der Waals surface area (Å²) in [4.78, 5) is 73.3. The molecule has 24 heteroatoms. The molecule has 0 aliphatic carbocycles. The van der Waals surface area contributed by atoms with Crippen molar-refractivity contribution in [3.05, 3.63) is 206 Å². The second-order valence-electron chi connectivity index (χ2n) is 19.2. The Balaban J connectivity index is 0.000000190. The third-order valence-corrected chi connectivity index (χ3v) is 13.2. The predicted molar refractivity (Wildman–Crippen MR) is 339 cm³/mol. The minimum atomic E-state index is -0.689. The first kappa shape index (κ1) is 64.2. The number of benzene rings is 6. The lowest BCUT2D eigenvalue weighted by atomic mass is 10.1. The Morgan fingerprint density at radius 3 is 1.08 bits per heavy atom. The van der Waals surface area contributed by atoms with E-state index in [1.54, 1.807) is 86.9 Å². The number of hydrogen-bond donors (Lipinski definition) is 7. The van der Waals surface area contributed by atoms with Crippen LogP contribution in [0.25, 0.3) is 33.8 Å². The van der Waals surface area contributed by atoms with E-state index < -0.39 is 23.6 Å². The summed E-state index contributed by atoms with van der Waals surface area (Å²) in [5, 5.41) is 15.9.